The van der Waals surface area contributed by atoms with E-state index in [0.29, 0.717) is 11.4 Å². The third kappa shape index (κ3) is 4.92. The van der Waals surface area contributed by atoms with Crippen molar-refractivity contribution in [3.8, 4) is 5.69 Å². The van der Waals surface area contributed by atoms with Gasteiger partial charge in [0.15, 0.2) is 0 Å². The van der Waals surface area contributed by atoms with Crippen LogP contribution in [0, 0.1) is 10.1 Å². The number of likely N-dealkylation sites (tertiary alicyclic amines) is 1. The Morgan fingerprint density at radius 2 is 1.90 bits per heavy atom. The first-order valence-electron chi connectivity index (χ1n) is 10.1. The zero-order valence-corrected chi connectivity index (χ0v) is 17.5. The van der Waals surface area contributed by atoms with Crippen LogP contribution < -0.4 is 10.9 Å². The molecule has 1 aliphatic rings. The second kappa shape index (κ2) is 9.28. The van der Waals surface area contributed by atoms with Gasteiger partial charge in [-0.3, -0.25) is 19.8 Å². The van der Waals surface area contributed by atoms with Crippen LogP contribution in [-0.4, -0.2) is 38.7 Å². The van der Waals surface area contributed by atoms with Gasteiger partial charge in [-0.15, -0.1) is 0 Å². The Morgan fingerprint density at radius 3 is 2.61 bits per heavy atom. The Bertz CT molecular complexity index is 1120. The van der Waals surface area contributed by atoms with E-state index in [4.69, 9.17) is 11.6 Å². The molecule has 31 heavy (non-hydrogen) atoms. The summed E-state index contributed by atoms with van der Waals surface area (Å²) in [7, 11) is 0. The first kappa shape index (κ1) is 21.0. The number of hydrogen-bond donors (Lipinski definition) is 1. The number of non-ortho nitro benzene ring substituents is 1. The molecule has 4 rings (SSSR count). The van der Waals surface area contributed by atoms with E-state index in [0.717, 1.165) is 37.2 Å². The number of nitro benzene ring substituents is 1. The molecular weight excluding hydrogens is 418 g/mol. The van der Waals surface area contributed by atoms with Crippen molar-refractivity contribution in [2.75, 3.05) is 18.4 Å². The van der Waals surface area contributed by atoms with E-state index in [1.165, 1.54) is 36.0 Å². The standard InChI is InChI=1S/C22H22ClN5O3/c23-21-20(13-24-27(22(21)29)18-8-10-19(11-9-18)28(30)31)25-17-7-4-12-26(15-17)14-16-5-2-1-3-6-16/h1-3,5-6,8-11,13,17,25H,4,7,12,14-15H2. The number of benzene rings is 2. The van der Waals surface area contributed by atoms with Gasteiger partial charge in [0, 0.05) is 31.3 Å². The van der Waals surface area contributed by atoms with Crippen LogP contribution in [0.15, 0.2) is 65.6 Å². The van der Waals surface area contributed by atoms with E-state index in [9.17, 15) is 14.9 Å². The summed E-state index contributed by atoms with van der Waals surface area (Å²) < 4.78 is 1.14. The quantitative estimate of drug-likeness (QED) is 0.463. The lowest BCUT2D eigenvalue weighted by Gasteiger charge is -2.33. The molecule has 1 aliphatic heterocycles. The molecule has 0 aliphatic carbocycles. The van der Waals surface area contributed by atoms with Gasteiger partial charge in [0.1, 0.15) is 5.02 Å². The normalized spacial score (nSPS) is 16.7. The monoisotopic (exact) mass is 439 g/mol. The van der Waals surface area contributed by atoms with Crippen molar-refractivity contribution >= 4 is 23.0 Å². The van der Waals surface area contributed by atoms with Gasteiger partial charge < -0.3 is 5.32 Å². The summed E-state index contributed by atoms with van der Waals surface area (Å²) in [6.07, 6.45) is 3.56. The van der Waals surface area contributed by atoms with Crippen LogP contribution in [0.2, 0.25) is 5.02 Å². The van der Waals surface area contributed by atoms with E-state index in [2.05, 4.69) is 27.4 Å². The molecule has 2 heterocycles. The Morgan fingerprint density at radius 1 is 1.16 bits per heavy atom. The summed E-state index contributed by atoms with van der Waals surface area (Å²) in [5.41, 5.74) is 1.65. The lowest BCUT2D eigenvalue weighted by atomic mass is 10.0. The van der Waals surface area contributed by atoms with Crippen molar-refractivity contribution in [3.63, 3.8) is 0 Å². The maximum absolute atomic E-state index is 12.7. The first-order chi connectivity index (χ1) is 15.0. The Balaban J connectivity index is 1.47. The van der Waals surface area contributed by atoms with Gasteiger partial charge in [-0.2, -0.15) is 9.78 Å². The lowest BCUT2D eigenvalue weighted by molar-refractivity contribution is -0.384. The zero-order valence-electron chi connectivity index (χ0n) is 16.8. The van der Waals surface area contributed by atoms with Crippen molar-refractivity contribution < 1.29 is 4.92 Å². The highest BCUT2D eigenvalue weighted by molar-refractivity contribution is 6.33. The first-order valence-corrected chi connectivity index (χ1v) is 10.4. The lowest BCUT2D eigenvalue weighted by Crippen LogP contribution is -2.42. The van der Waals surface area contributed by atoms with Gasteiger partial charge in [-0.25, -0.2) is 0 Å². The molecule has 1 fully saturated rings. The third-order valence-electron chi connectivity index (χ3n) is 5.34. The number of nitrogens with one attached hydrogen (secondary N) is 1. The molecule has 1 saturated heterocycles. The number of halogens is 1. The van der Waals surface area contributed by atoms with Crippen LogP contribution in [0.1, 0.15) is 18.4 Å². The molecule has 1 N–H and O–H groups in total. The zero-order chi connectivity index (χ0) is 21.8. The number of nitro groups is 1. The van der Waals surface area contributed by atoms with Crippen molar-refractivity contribution in [2.24, 2.45) is 0 Å². The minimum Gasteiger partial charge on any atom is -0.378 e. The van der Waals surface area contributed by atoms with Gasteiger partial charge in [-0.1, -0.05) is 41.9 Å². The third-order valence-corrected chi connectivity index (χ3v) is 5.70. The minimum atomic E-state index is -0.495. The number of rotatable bonds is 6. The van der Waals surface area contributed by atoms with Gasteiger partial charge in [-0.05, 0) is 37.1 Å². The van der Waals surface area contributed by atoms with Crippen LogP contribution in [0.4, 0.5) is 11.4 Å². The molecule has 2 aromatic carbocycles. The Hall–Kier alpha value is -3.23. The fraction of sp³-hybridized carbons (Fsp3) is 0.273. The molecule has 0 amide bonds. The molecular formula is C22H22ClN5O3. The summed E-state index contributed by atoms with van der Waals surface area (Å²) in [6, 6.07) is 16.1. The summed E-state index contributed by atoms with van der Waals surface area (Å²) in [4.78, 5) is 25.4. The highest BCUT2D eigenvalue weighted by Gasteiger charge is 2.22. The number of nitrogens with zero attached hydrogens (tertiary/aromatic N) is 4. The number of anilines is 1. The van der Waals surface area contributed by atoms with E-state index < -0.39 is 10.5 Å². The van der Waals surface area contributed by atoms with Gasteiger partial charge in [0.2, 0.25) is 0 Å². The maximum Gasteiger partial charge on any atom is 0.292 e. The molecule has 9 heteroatoms. The van der Waals surface area contributed by atoms with Crippen LogP contribution in [0.25, 0.3) is 5.69 Å². The minimum absolute atomic E-state index is 0.0496. The number of hydrogen-bond acceptors (Lipinski definition) is 6. The number of aromatic nitrogens is 2. The number of piperidine rings is 1. The summed E-state index contributed by atoms with van der Waals surface area (Å²) in [5.74, 6) is 0. The van der Waals surface area contributed by atoms with Gasteiger partial charge in [0.25, 0.3) is 11.2 Å². The molecule has 1 atom stereocenters. The highest BCUT2D eigenvalue weighted by atomic mass is 35.5. The van der Waals surface area contributed by atoms with E-state index >= 15 is 0 Å². The second-order valence-corrected chi connectivity index (χ2v) is 7.94. The van der Waals surface area contributed by atoms with Crippen molar-refractivity contribution in [1.29, 1.82) is 0 Å². The smallest absolute Gasteiger partial charge is 0.292 e. The van der Waals surface area contributed by atoms with Crippen LogP contribution >= 0.6 is 11.6 Å². The van der Waals surface area contributed by atoms with Crippen LogP contribution in [-0.2, 0) is 6.54 Å². The molecule has 8 nitrogen and oxygen atoms in total. The topological polar surface area (TPSA) is 93.3 Å². The average Bonchev–Trinajstić information content (AvgIpc) is 2.78. The van der Waals surface area contributed by atoms with Crippen molar-refractivity contribution in [2.45, 2.75) is 25.4 Å². The van der Waals surface area contributed by atoms with E-state index in [1.54, 1.807) is 0 Å². The predicted octanol–water partition coefficient (Wildman–Crippen LogP) is 3.87. The highest BCUT2D eigenvalue weighted by Crippen LogP contribution is 2.22. The molecule has 160 valence electrons. The summed E-state index contributed by atoms with van der Waals surface area (Å²) >= 11 is 6.36. The van der Waals surface area contributed by atoms with Gasteiger partial charge in [0.05, 0.1) is 22.5 Å². The molecule has 1 aromatic heterocycles. The van der Waals surface area contributed by atoms with Crippen LogP contribution in [0.5, 0.6) is 0 Å². The molecule has 0 bridgehead atoms. The van der Waals surface area contributed by atoms with E-state index in [1.807, 2.05) is 18.2 Å². The largest absolute Gasteiger partial charge is 0.378 e. The molecule has 0 radical (unpaired) electrons. The maximum atomic E-state index is 12.7. The Kier molecular flexibility index (Phi) is 6.29. The Labute approximate surface area is 184 Å². The molecule has 0 spiro atoms. The fourth-order valence-electron chi connectivity index (χ4n) is 3.81. The molecule has 3 aromatic rings. The molecule has 0 saturated carbocycles. The molecule has 1 unspecified atom stereocenters. The fourth-order valence-corrected chi connectivity index (χ4v) is 3.99. The van der Waals surface area contributed by atoms with Gasteiger partial charge >= 0.3 is 0 Å². The van der Waals surface area contributed by atoms with E-state index in [-0.39, 0.29) is 16.8 Å². The summed E-state index contributed by atoms with van der Waals surface area (Å²) in [6.45, 7) is 2.75. The predicted molar refractivity (Wildman–Crippen MR) is 120 cm³/mol. The SMILES string of the molecule is O=c1c(Cl)c(NC2CCCN(Cc3ccccc3)C2)cnn1-c1ccc([N+](=O)[O-])cc1. The summed E-state index contributed by atoms with van der Waals surface area (Å²) in [5, 5.41) is 18.4. The van der Waals surface area contributed by atoms with Crippen molar-refractivity contribution in [3.05, 3.63) is 91.8 Å². The van der Waals surface area contributed by atoms with Crippen molar-refractivity contribution in [1.82, 2.24) is 14.7 Å². The average molecular weight is 440 g/mol. The second-order valence-electron chi connectivity index (χ2n) is 7.57. The van der Waals surface area contributed by atoms with Crippen LogP contribution in [0.3, 0.4) is 0 Å².